The van der Waals surface area contributed by atoms with E-state index in [4.69, 9.17) is 9.72 Å². The van der Waals surface area contributed by atoms with Crippen molar-refractivity contribution in [3.63, 3.8) is 0 Å². The van der Waals surface area contributed by atoms with Gasteiger partial charge >= 0.3 is 0 Å². The molecule has 1 aromatic heterocycles. The molecule has 0 spiro atoms. The lowest BCUT2D eigenvalue weighted by molar-refractivity contribution is 0.414. The van der Waals surface area contributed by atoms with Crippen LogP contribution in [-0.4, -0.2) is 25.2 Å². The molecular weight excluding hydrogens is 370 g/mol. The number of benzene rings is 2. The lowest BCUT2D eigenvalue weighted by Gasteiger charge is -2.30. The number of hydrogen-bond acceptors (Lipinski definition) is 4. The van der Waals surface area contributed by atoms with E-state index in [1.165, 1.54) is 35.8 Å². The Balaban J connectivity index is 0.00000225. The van der Waals surface area contributed by atoms with Crippen molar-refractivity contribution >= 4 is 29.1 Å². The van der Waals surface area contributed by atoms with Crippen LogP contribution in [0.1, 0.15) is 30.4 Å². The molecule has 1 fully saturated rings. The largest absolute Gasteiger partial charge is 0.497 e. The van der Waals surface area contributed by atoms with Gasteiger partial charge < -0.3 is 15.0 Å². The molecule has 1 N–H and O–H groups in total. The van der Waals surface area contributed by atoms with Crippen LogP contribution in [0.2, 0.25) is 0 Å². The van der Waals surface area contributed by atoms with Gasteiger partial charge in [0.25, 0.3) is 0 Å². The first-order chi connectivity index (χ1) is 13.3. The summed E-state index contributed by atoms with van der Waals surface area (Å²) in [5, 5.41) is 4.80. The topological polar surface area (TPSA) is 37.4 Å². The highest BCUT2D eigenvalue weighted by Crippen LogP contribution is 2.26. The Kier molecular flexibility index (Phi) is 7.12. The van der Waals surface area contributed by atoms with Gasteiger partial charge in [-0.15, -0.1) is 12.4 Å². The molecule has 0 amide bonds. The van der Waals surface area contributed by atoms with E-state index in [0.29, 0.717) is 0 Å². The van der Waals surface area contributed by atoms with Crippen molar-refractivity contribution in [3.05, 3.63) is 65.7 Å². The van der Waals surface area contributed by atoms with Crippen LogP contribution in [-0.2, 0) is 13.1 Å². The number of piperidine rings is 1. The summed E-state index contributed by atoms with van der Waals surface area (Å²) in [4.78, 5) is 7.47. The maximum atomic E-state index is 5.32. The van der Waals surface area contributed by atoms with Crippen molar-refractivity contribution in [2.75, 3.05) is 25.1 Å². The molecule has 0 radical (unpaired) electrons. The number of nitrogens with one attached hydrogen (secondary N) is 1. The highest BCUT2D eigenvalue weighted by Gasteiger charge is 2.16. The molecule has 1 saturated heterocycles. The minimum Gasteiger partial charge on any atom is -0.497 e. The van der Waals surface area contributed by atoms with Gasteiger partial charge in [-0.1, -0.05) is 30.3 Å². The first kappa shape index (κ1) is 20.4. The number of anilines is 1. The summed E-state index contributed by atoms with van der Waals surface area (Å²) in [6, 6.07) is 18.9. The number of ether oxygens (including phenoxy) is 1. The number of hydrogen-bond donors (Lipinski definition) is 1. The Hall–Kier alpha value is -2.30. The zero-order chi connectivity index (χ0) is 18.5. The number of para-hydroxylation sites is 1. The Bertz CT molecular complexity index is 909. The Morgan fingerprint density at radius 1 is 0.964 bits per heavy atom. The van der Waals surface area contributed by atoms with Crippen LogP contribution in [0.3, 0.4) is 0 Å². The number of nitrogens with zero attached hydrogens (tertiary/aromatic N) is 2. The maximum Gasteiger partial charge on any atom is 0.133 e. The number of pyridine rings is 1. The second-order valence-electron chi connectivity index (χ2n) is 7.17. The molecule has 0 aliphatic carbocycles. The Morgan fingerprint density at radius 3 is 2.61 bits per heavy atom. The quantitative estimate of drug-likeness (QED) is 0.638. The standard InChI is InChI=1S/C23H27N3O.ClH/c1-27-21-10-7-8-18(14-21)16-24-17-20-15-19-9-3-4-11-22(19)25-23(20)26-12-5-2-6-13-26;/h3-4,7-11,14-15,24H,2,5-6,12-13,16-17H2,1H3;1H. The molecule has 148 valence electrons. The SMILES string of the molecule is COc1cccc(CNCc2cc3ccccc3nc2N2CCCCC2)c1.Cl. The molecule has 1 aliphatic heterocycles. The van der Waals surface area contributed by atoms with Gasteiger partial charge in [0.15, 0.2) is 0 Å². The van der Waals surface area contributed by atoms with Gasteiger partial charge in [-0.25, -0.2) is 4.98 Å². The summed E-state index contributed by atoms with van der Waals surface area (Å²) in [6.45, 7) is 3.83. The molecule has 4 nitrogen and oxygen atoms in total. The fourth-order valence-corrected chi connectivity index (χ4v) is 3.78. The third kappa shape index (κ3) is 4.75. The highest BCUT2D eigenvalue weighted by atomic mass is 35.5. The molecule has 3 aromatic rings. The predicted octanol–water partition coefficient (Wildman–Crippen LogP) is 4.95. The average molecular weight is 398 g/mol. The molecule has 0 saturated carbocycles. The first-order valence-corrected chi connectivity index (χ1v) is 9.81. The number of rotatable bonds is 6. The highest BCUT2D eigenvalue weighted by molar-refractivity contribution is 5.85. The third-order valence-corrected chi connectivity index (χ3v) is 5.21. The van der Waals surface area contributed by atoms with Crippen molar-refractivity contribution < 1.29 is 4.74 Å². The summed E-state index contributed by atoms with van der Waals surface area (Å²) in [5.74, 6) is 2.04. The van der Waals surface area contributed by atoms with Crippen LogP contribution in [0.4, 0.5) is 5.82 Å². The summed E-state index contributed by atoms with van der Waals surface area (Å²) in [5.41, 5.74) is 3.58. The molecule has 0 bridgehead atoms. The molecule has 2 aromatic carbocycles. The van der Waals surface area contributed by atoms with Crippen molar-refractivity contribution in [1.82, 2.24) is 10.3 Å². The molecule has 4 rings (SSSR count). The van der Waals surface area contributed by atoms with E-state index in [9.17, 15) is 0 Å². The van der Waals surface area contributed by atoms with E-state index in [0.717, 1.165) is 43.3 Å². The molecule has 2 heterocycles. The first-order valence-electron chi connectivity index (χ1n) is 9.81. The third-order valence-electron chi connectivity index (χ3n) is 5.21. The van der Waals surface area contributed by atoms with E-state index in [2.05, 4.69) is 52.7 Å². The number of fused-ring (bicyclic) bond motifs is 1. The smallest absolute Gasteiger partial charge is 0.133 e. The summed E-state index contributed by atoms with van der Waals surface area (Å²) in [6.07, 6.45) is 3.84. The van der Waals surface area contributed by atoms with Gasteiger partial charge in [-0.05, 0) is 49.1 Å². The van der Waals surface area contributed by atoms with E-state index in [1.807, 2.05) is 12.1 Å². The fraction of sp³-hybridized carbons (Fsp3) is 0.348. The van der Waals surface area contributed by atoms with Crippen molar-refractivity contribution in [2.24, 2.45) is 0 Å². The molecule has 5 heteroatoms. The van der Waals surface area contributed by atoms with Gasteiger partial charge in [-0.3, -0.25) is 0 Å². The van der Waals surface area contributed by atoms with Gasteiger partial charge in [0.1, 0.15) is 11.6 Å². The van der Waals surface area contributed by atoms with Gasteiger partial charge in [-0.2, -0.15) is 0 Å². The van der Waals surface area contributed by atoms with Crippen LogP contribution in [0.15, 0.2) is 54.6 Å². The zero-order valence-corrected chi connectivity index (χ0v) is 17.2. The molecule has 0 atom stereocenters. The van der Waals surface area contributed by atoms with Crippen LogP contribution >= 0.6 is 12.4 Å². The van der Waals surface area contributed by atoms with Crippen LogP contribution in [0.5, 0.6) is 5.75 Å². The lowest BCUT2D eigenvalue weighted by atomic mass is 10.1. The minimum atomic E-state index is 0. The van der Waals surface area contributed by atoms with Crippen molar-refractivity contribution in [3.8, 4) is 5.75 Å². The molecule has 1 aliphatic rings. The molecule has 28 heavy (non-hydrogen) atoms. The van der Waals surface area contributed by atoms with E-state index in [1.54, 1.807) is 7.11 Å². The Labute approximate surface area is 173 Å². The van der Waals surface area contributed by atoms with Gasteiger partial charge in [0.2, 0.25) is 0 Å². The van der Waals surface area contributed by atoms with Crippen LogP contribution in [0.25, 0.3) is 10.9 Å². The second-order valence-corrected chi connectivity index (χ2v) is 7.17. The van der Waals surface area contributed by atoms with E-state index in [-0.39, 0.29) is 12.4 Å². The molecular formula is C23H28ClN3O. The summed E-state index contributed by atoms with van der Waals surface area (Å²) >= 11 is 0. The number of halogens is 1. The summed E-state index contributed by atoms with van der Waals surface area (Å²) in [7, 11) is 1.71. The van der Waals surface area contributed by atoms with Gasteiger partial charge in [0.05, 0.1) is 12.6 Å². The normalized spacial score (nSPS) is 14.0. The average Bonchev–Trinajstić information content (AvgIpc) is 2.74. The second kappa shape index (κ2) is 9.76. The number of aromatic nitrogens is 1. The van der Waals surface area contributed by atoms with E-state index >= 15 is 0 Å². The fourth-order valence-electron chi connectivity index (χ4n) is 3.78. The predicted molar refractivity (Wildman–Crippen MR) is 119 cm³/mol. The van der Waals surface area contributed by atoms with Crippen LogP contribution < -0.4 is 15.0 Å². The lowest BCUT2D eigenvalue weighted by Crippen LogP contribution is -2.31. The molecule has 0 unspecified atom stereocenters. The summed E-state index contributed by atoms with van der Waals surface area (Å²) < 4.78 is 5.32. The number of methoxy groups -OCH3 is 1. The van der Waals surface area contributed by atoms with Crippen LogP contribution in [0, 0.1) is 0 Å². The zero-order valence-electron chi connectivity index (χ0n) is 16.4. The Morgan fingerprint density at radius 2 is 1.79 bits per heavy atom. The monoisotopic (exact) mass is 397 g/mol. The van der Waals surface area contributed by atoms with Gasteiger partial charge in [0, 0.05) is 37.1 Å². The van der Waals surface area contributed by atoms with E-state index < -0.39 is 0 Å². The van der Waals surface area contributed by atoms with Crippen molar-refractivity contribution in [1.29, 1.82) is 0 Å². The van der Waals surface area contributed by atoms with Crippen molar-refractivity contribution in [2.45, 2.75) is 32.4 Å². The maximum absolute atomic E-state index is 5.32. The minimum absolute atomic E-state index is 0.